The molecule has 4 nitrogen and oxygen atoms in total. The Hall–Kier alpha value is -1.81. The molecule has 0 bridgehead atoms. The third-order valence-corrected chi connectivity index (χ3v) is 2.96. The van der Waals surface area contributed by atoms with Crippen LogP contribution in [-0.2, 0) is 4.74 Å². The number of benzene rings is 1. The minimum absolute atomic E-state index is 0.121. The van der Waals surface area contributed by atoms with Crippen LogP contribution in [0.1, 0.15) is 22.8 Å². The van der Waals surface area contributed by atoms with E-state index in [-0.39, 0.29) is 17.6 Å². The van der Waals surface area contributed by atoms with Crippen molar-refractivity contribution in [1.29, 1.82) is 0 Å². The lowest BCUT2D eigenvalue weighted by atomic mass is 10.1. The van der Waals surface area contributed by atoms with Gasteiger partial charge < -0.3 is 9.15 Å². The highest BCUT2D eigenvalue weighted by molar-refractivity contribution is 6.32. The molecule has 0 fully saturated rings. The van der Waals surface area contributed by atoms with Gasteiger partial charge in [0.25, 0.3) is 0 Å². The van der Waals surface area contributed by atoms with Gasteiger partial charge in [-0.25, -0.2) is 4.79 Å². The summed E-state index contributed by atoms with van der Waals surface area (Å²) in [6.07, 6.45) is 1.12. The minimum atomic E-state index is -0.690. The molecule has 18 heavy (non-hydrogen) atoms. The molecule has 0 N–H and O–H groups in total. The maximum absolute atomic E-state index is 12.1. The Morgan fingerprint density at radius 2 is 2.17 bits per heavy atom. The van der Waals surface area contributed by atoms with Gasteiger partial charge in [0.1, 0.15) is 17.4 Å². The molecule has 2 rings (SSSR count). The molecule has 0 amide bonds. The van der Waals surface area contributed by atoms with Gasteiger partial charge >= 0.3 is 5.97 Å². The molecule has 1 heterocycles. The Kier molecular flexibility index (Phi) is 3.39. The number of carbonyl (C=O) groups excluding carboxylic acids is 1. The first-order chi connectivity index (χ1) is 8.54. The normalized spacial score (nSPS) is 10.6. The van der Waals surface area contributed by atoms with Crippen LogP contribution >= 0.6 is 11.6 Å². The molecule has 94 valence electrons. The van der Waals surface area contributed by atoms with Crippen LogP contribution in [0.3, 0.4) is 0 Å². The lowest BCUT2D eigenvalue weighted by molar-refractivity contribution is 0.0522. The summed E-state index contributed by atoms with van der Waals surface area (Å²) in [4.78, 5) is 23.6. The zero-order valence-corrected chi connectivity index (χ0v) is 10.7. The van der Waals surface area contributed by atoms with Crippen molar-refractivity contribution in [3.8, 4) is 0 Å². The SMILES string of the molecule is CCOC(=O)c1coc2cc(C)c(Cl)cc2c1=O. The Bertz CT molecular complexity index is 672. The summed E-state index contributed by atoms with van der Waals surface area (Å²) < 4.78 is 10.0. The van der Waals surface area contributed by atoms with Crippen molar-refractivity contribution in [2.45, 2.75) is 13.8 Å². The van der Waals surface area contributed by atoms with E-state index in [2.05, 4.69) is 0 Å². The second-order valence-corrected chi connectivity index (χ2v) is 4.20. The lowest BCUT2D eigenvalue weighted by Gasteiger charge is -2.04. The first-order valence-electron chi connectivity index (χ1n) is 5.43. The fourth-order valence-corrected chi connectivity index (χ4v) is 1.76. The molecule has 0 saturated carbocycles. The number of ether oxygens (including phenoxy) is 1. The fraction of sp³-hybridized carbons (Fsp3) is 0.231. The molecule has 5 heteroatoms. The van der Waals surface area contributed by atoms with Crippen LogP contribution < -0.4 is 5.43 Å². The van der Waals surface area contributed by atoms with Crippen LogP contribution in [0.15, 0.2) is 27.6 Å². The van der Waals surface area contributed by atoms with E-state index in [0.29, 0.717) is 10.6 Å². The highest BCUT2D eigenvalue weighted by Crippen LogP contribution is 2.21. The molecule has 0 aliphatic rings. The highest BCUT2D eigenvalue weighted by Gasteiger charge is 2.16. The second-order valence-electron chi connectivity index (χ2n) is 3.80. The second kappa shape index (κ2) is 4.82. The summed E-state index contributed by atoms with van der Waals surface area (Å²) in [5.41, 5.74) is 0.645. The van der Waals surface area contributed by atoms with Crippen molar-refractivity contribution < 1.29 is 13.9 Å². The van der Waals surface area contributed by atoms with Gasteiger partial charge in [0, 0.05) is 5.02 Å². The molecule has 0 aliphatic carbocycles. The molecular weight excluding hydrogens is 256 g/mol. The van der Waals surface area contributed by atoms with Gasteiger partial charge in [0.05, 0.1) is 12.0 Å². The van der Waals surface area contributed by atoms with E-state index in [1.54, 1.807) is 19.9 Å². The lowest BCUT2D eigenvalue weighted by Crippen LogP contribution is -2.17. The highest BCUT2D eigenvalue weighted by atomic mass is 35.5. The molecule has 1 aromatic carbocycles. The molecular formula is C13H11ClO4. The molecule has 1 aromatic heterocycles. The predicted octanol–water partition coefficient (Wildman–Crippen LogP) is 2.93. The van der Waals surface area contributed by atoms with E-state index in [9.17, 15) is 9.59 Å². The Labute approximate surface area is 108 Å². The Morgan fingerprint density at radius 3 is 2.83 bits per heavy atom. The van der Waals surface area contributed by atoms with Crippen molar-refractivity contribution in [1.82, 2.24) is 0 Å². The zero-order valence-electron chi connectivity index (χ0n) is 9.95. The molecule has 0 radical (unpaired) electrons. The average molecular weight is 267 g/mol. The molecule has 0 aliphatic heterocycles. The van der Waals surface area contributed by atoms with E-state index < -0.39 is 11.4 Å². The standard InChI is InChI=1S/C13H11ClO4/c1-3-17-13(16)9-6-18-11-4-7(2)10(14)5-8(11)12(9)15/h4-6H,3H2,1-2H3. The average Bonchev–Trinajstić information content (AvgIpc) is 2.32. The van der Waals surface area contributed by atoms with Crippen LogP contribution in [0.5, 0.6) is 0 Å². The van der Waals surface area contributed by atoms with E-state index in [1.165, 1.54) is 6.07 Å². The summed E-state index contributed by atoms with van der Waals surface area (Å²) in [5.74, 6) is -0.690. The van der Waals surface area contributed by atoms with Gasteiger partial charge in [-0.15, -0.1) is 0 Å². The number of aryl methyl sites for hydroxylation is 1. The van der Waals surface area contributed by atoms with Crippen molar-refractivity contribution in [2.75, 3.05) is 6.61 Å². The Balaban J connectivity index is 2.68. The summed E-state index contributed by atoms with van der Waals surface area (Å²) in [6, 6.07) is 3.16. The number of esters is 1. The van der Waals surface area contributed by atoms with Crippen LogP contribution in [-0.4, -0.2) is 12.6 Å². The Morgan fingerprint density at radius 1 is 1.44 bits per heavy atom. The molecule has 0 spiro atoms. The monoisotopic (exact) mass is 266 g/mol. The van der Waals surface area contributed by atoms with Crippen molar-refractivity contribution >= 4 is 28.5 Å². The largest absolute Gasteiger partial charge is 0.463 e. The zero-order chi connectivity index (χ0) is 13.3. The third-order valence-electron chi connectivity index (χ3n) is 2.55. The van der Waals surface area contributed by atoms with E-state index >= 15 is 0 Å². The third kappa shape index (κ3) is 2.11. The summed E-state index contributed by atoms with van der Waals surface area (Å²) >= 11 is 5.96. The van der Waals surface area contributed by atoms with E-state index in [0.717, 1.165) is 11.8 Å². The quantitative estimate of drug-likeness (QED) is 0.784. The van der Waals surface area contributed by atoms with Crippen LogP contribution in [0.4, 0.5) is 0 Å². The van der Waals surface area contributed by atoms with Gasteiger partial charge in [-0.1, -0.05) is 11.6 Å². The number of rotatable bonds is 2. The van der Waals surface area contributed by atoms with E-state index in [1.807, 2.05) is 0 Å². The van der Waals surface area contributed by atoms with Gasteiger partial charge in [0.15, 0.2) is 0 Å². The van der Waals surface area contributed by atoms with Gasteiger partial charge in [-0.3, -0.25) is 4.79 Å². The molecule has 0 unspecified atom stereocenters. The van der Waals surface area contributed by atoms with Crippen molar-refractivity contribution in [3.63, 3.8) is 0 Å². The first-order valence-corrected chi connectivity index (χ1v) is 5.81. The molecule has 0 atom stereocenters. The minimum Gasteiger partial charge on any atom is -0.463 e. The van der Waals surface area contributed by atoms with E-state index in [4.69, 9.17) is 20.8 Å². The van der Waals surface area contributed by atoms with Crippen molar-refractivity contribution in [3.05, 3.63) is 44.8 Å². The number of hydrogen-bond donors (Lipinski definition) is 0. The topological polar surface area (TPSA) is 56.5 Å². The van der Waals surface area contributed by atoms with Crippen LogP contribution in [0.2, 0.25) is 5.02 Å². The number of halogens is 1. The number of fused-ring (bicyclic) bond motifs is 1. The molecule has 2 aromatic rings. The fourth-order valence-electron chi connectivity index (χ4n) is 1.60. The molecule has 0 saturated heterocycles. The maximum Gasteiger partial charge on any atom is 0.345 e. The van der Waals surface area contributed by atoms with Gasteiger partial charge in [-0.2, -0.15) is 0 Å². The van der Waals surface area contributed by atoms with Crippen molar-refractivity contribution in [2.24, 2.45) is 0 Å². The number of hydrogen-bond acceptors (Lipinski definition) is 4. The van der Waals surface area contributed by atoms with Crippen LogP contribution in [0, 0.1) is 6.92 Å². The van der Waals surface area contributed by atoms with Gasteiger partial charge in [0.2, 0.25) is 5.43 Å². The smallest absolute Gasteiger partial charge is 0.345 e. The van der Waals surface area contributed by atoms with Gasteiger partial charge in [-0.05, 0) is 31.5 Å². The predicted molar refractivity (Wildman–Crippen MR) is 68.2 cm³/mol. The maximum atomic E-state index is 12.1. The number of carbonyl (C=O) groups is 1. The summed E-state index contributed by atoms with van der Waals surface area (Å²) in [5, 5.41) is 0.729. The summed E-state index contributed by atoms with van der Waals surface area (Å²) in [6.45, 7) is 3.67. The van der Waals surface area contributed by atoms with Crippen LogP contribution in [0.25, 0.3) is 11.0 Å². The summed E-state index contributed by atoms with van der Waals surface area (Å²) in [7, 11) is 0. The first kappa shape index (κ1) is 12.6.